The molecule has 1 fully saturated rings. The Morgan fingerprint density at radius 1 is 1.42 bits per heavy atom. The summed E-state index contributed by atoms with van der Waals surface area (Å²) in [6.07, 6.45) is 4.83. The van der Waals surface area contributed by atoms with Crippen molar-refractivity contribution in [2.45, 2.75) is 44.4 Å². The quantitative estimate of drug-likeness (QED) is 0.656. The summed E-state index contributed by atoms with van der Waals surface area (Å²) < 4.78 is 5.92. The van der Waals surface area contributed by atoms with Gasteiger partial charge in [-0.1, -0.05) is 25.0 Å². The highest BCUT2D eigenvalue weighted by atomic mass is 16.6. The van der Waals surface area contributed by atoms with Crippen molar-refractivity contribution in [2.75, 3.05) is 7.05 Å². The topological polar surface area (TPSA) is 64.4 Å². The first-order chi connectivity index (χ1) is 9.20. The van der Waals surface area contributed by atoms with Crippen LogP contribution >= 0.6 is 0 Å². The van der Waals surface area contributed by atoms with Gasteiger partial charge in [-0.3, -0.25) is 10.1 Å². The Bertz CT molecular complexity index is 436. The lowest BCUT2D eigenvalue weighted by Gasteiger charge is -2.31. The third-order valence-electron chi connectivity index (χ3n) is 3.66. The van der Waals surface area contributed by atoms with Crippen molar-refractivity contribution >= 4 is 5.69 Å². The normalized spacial score (nSPS) is 23.2. The van der Waals surface area contributed by atoms with Crippen molar-refractivity contribution in [1.82, 2.24) is 5.32 Å². The molecule has 1 saturated carbocycles. The SMILES string of the molecule is CNC1CCCCC1OCc1cccc([N+](=O)[O-])c1. The van der Waals surface area contributed by atoms with E-state index < -0.39 is 0 Å². The molecule has 0 heterocycles. The molecule has 0 amide bonds. The van der Waals surface area contributed by atoms with Crippen molar-refractivity contribution in [2.24, 2.45) is 0 Å². The van der Waals surface area contributed by atoms with Crippen LogP contribution in [0.4, 0.5) is 5.69 Å². The van der Waals surface area contributed by atoms with Crippen LogP contribution in [0.25, 0.3) is 0 Å². The number of non-ortho nitro benzene ring substituents is 1. The molecule has 1 aliphatic carbocycles. The third-order valence-corrected chi connectivity index (χ3v) is 3.66. The van der Waals surface area contributed by atoms with Crippen LogP contribution in [-0.4, -0.2) is 24.1 Å². The molecule has 0 bridgehead atoms. The summed E-state index contributed by atoms with van der Waals surface area (Å²) in [5, 5.41) is 14.0. The van der Waals surface area contributed by atoms with Crippen molar-refractivity contribution in [3.63, 3.8) is 0 Å². The molecule has 0 radical (unpaired) electrons. The molecule has 1 aliphatic rings. The van der Waals surface area contributed by atoms with Crippen LogP contribution in [0.3, 0.4) is 0 Å². The second kappa shape index (κ2) is 6.63. The Balaban J connectivity index is 1.94. The predicted octanol–water partition coefficient (Wildman–Crippen LogP) is 2.64. The molecule has 104 valence electrons. The maximum absolute atomic E-state index is 10.7. The van der Waals surface area contributed by atoms with Crippen molar-refractivity contribution in [1.29, 1.82) is 0 Å². The molecule has 2 atom stereocenters. The third kappa shape index (κ3) is 3.75. The van der Waals surface area contributed by atoms with Gasteiger partial charge in [0.25, 0.3) is 5.69 Å². The van der Waals surface area contributed by atoms with Crippen molar-refractivity contribution < 1.29 is 9.66 Å². The first-order valence-electron chi connectivity index (χ1n) is 6.73. The number of nitrogens with one attached hydrogen (secondary N) is 1. The van der Waals surface area contributed by atoms with Gasteiger partial charge in [-0.25, -0.2) is 0 Å². The lowest BCUT2D eigenvalue weighted by Crippen LogP contribution is -2.41. The Morgan fingerprint density at radius 3 is 2.95 bits per heavy atom. The maximum atomic E-state index is 10.7. The Kier molecular flexibility index (Phi) is 4.87. The number of benzene rings is 1. The van der Waals surface area contributed by atoms with Gasteiger partial charge in [-0.2, -0.15) is 0 Å². The highest BCUT2D eigenvalue weighted by molar-refractivity contribution is 5.33. The van der Waals surface area contributed by atoms with Crippen molar-refractivity contribution in [3.05, 3.63) is 39.9 Å². The van der Waals surface area contributed by atoms with Crippen LogP contribution in [0.2, 0.25) is 0 Å². The van der Waals surface area contributed by atoms with Gasteiger partial charge in [-0.15, -0.1) is 0 Å². The number of hydrogen-bond donors (Lipinski definition) is 1. The van der Waals surface area contributed by atoms with Gasteiger partial charge in [0.05, 0.1) is 17.6 Å². The molecule has 5 heteroatoms. The summed E-state index contributed by atoms with van der Waals surface area (Å²) in [4.78, 5) is 10.3. The molecule has 1 aromatic rings. The predicted molar refractivity (Wildman–Crippen MR) is 73.0 cm³/mol. The first kappa shape index (κ1) is 14.0. The first-order valence-corrected chi connectivity index (χ1v) is 6.73. The zero-order valence-electron chi connectivity index (χ0n) is 11.2. The van der Waals surface area contributed by atoms with Crippen LogP contribution in [0.5, 0.6) is 0 Å². The van der Waals surface area contributed by atoms with E-state index in [2.05, 4.69) is 5.32 Å². The van der Waals surface area contributed by atoms with Crippen LogP contribution in [0.15, 0.2) is 24.3 Å². The second-order valence-electron chi connectivity index (χ2n) is 4.96. The lowest BCUT2D eigenvalue weighted by atomic mass is 9.92. The van der Waals surface area contributed by atoms with E-state index in [1.807, 2.05) is 13.1 Å². The van der Waals surface area contributed by atoms with Gasteiger partial charge >= 0.3 is 0 Å². The summed E-state index contributed by atoms with van der Waals surface area (Å²) in [6, 6.07) is 7.04. The average molecular weight is 264 g/mol. The zero-order chi connectivity index (χ0) is 13.7. The zero-order valence-corrected chi connectivity index (χ0v) is 11.2. The lowest BCUT2D eigenvalue weighted by molar-refractivity contribution is -0.385. The van der Waals surface area contributed by atoms with Crippen molar-refractivity contribution in [3.8, 4) is 0 Å². The molecule has 0 aliphatic heterocycles. The number of hydrogen-bond acceptors (Lipinski definition) is 4. The number of nitrogens with zero attached hydrogens (tertiary/aromatic N) is 1. The van der Waals surface area contributed by atoms with Crippen LogP contribution < -0.4 is 5.32 Å². The fourth-order valence-electron chi connectivity index (χ4n) is 2.59. The highest BCUT2D eigenvalue weighted by Gasteiger charge is 2.24. The molecular weight excluding hydrogens is 244 g/mol. The van der Waals surface area contributed by atoms with E-state index in [-0.39, 0.29) is 16.7 Å². The van der Waals surface area contributed by atoms with E-state index in [4.69, 9.17) is 4.74 Å². The summed E-state index contributed by atoms with van der Waals surface area (Å²) >= 11 is 0. The number of nitro benzene ring substituents is 1. The van der Waals surface area contributed by atoms with Gasteiger partial charge in [-0.05, 0) is 25.5 Å². The van der Waals surface area contributed by atoms with Gasteiger partial charge < -0.3 is 10.1 Å². The average Bonchev–Trinajstić information content (AvgIpc) is 2.45. The summed E-state index contributed by atoms with van der Waals surface area (Å²) in [7, 11) is 1.96. The monoisotopic (exact) mass is 264 g/mol. The van der Waals surface area contributed by atoms with Gasteiger partial charge in [0.15, 0.2) is 0 Å². The van der Waals surface area contributed by atoms with E-state index in [1.54, 1.807) is 12.1 Å². The second-order valence-corrected chi connectivity index (χ2v) is 4.96. The van der Waals surface area contributed by atoms with E-state index in [0.717, 1.165) is 18.4 Å². The smallest absolute Gasteiger partial charge is 0.269 e. The summed E-state index contributed by atoms with van der Waals surface area (Å²) in [5.41, 5.74) is 0.976. The molecule has 1 N–H and O–H groups in total. The number of rotatable bonds is 5. The van der Waals surface area contributed by atoms with Crippen LogP contribution in [0, 0.1) is 10.1 Å². The number of likely N-dealkylation sites (N-methyl/N-ethyl adjacent to an activating group) is 1. The van der Waals surface area contributed by atoms with Crippen LogP contribution in [0.1, 0.15) is 31.2 Å². The largest absolute Gasteiger partial charge is 0.372 e. The highest BCUT2D eigenvalue weighted by Crippen LogP contribution is 2.22. The molecule has 0 saturated heterocycles. The summed E-state index contributed by atoms with van der Waals surface area (Å²) in [5.74, 6) is 0. The molecule has 1 aromatic carbocycles. The molecular formula is C14H20N2O3. The van der Waals surface area contributed by atoms with E-state index >= 15 is 0 Å². The van der Waals surface area contributed by atoms with Gasteiger partial charge in [0.1, 0.15) is 0 Å². The molecule has 0 aromatic heterocycles. The summed E-state index contributed by atoms with van der Waals surface area (Å²) in [6.45, 7) is 0.435. The molecule has 2 rings (SSSR count). The Hall–Kier alpha value is -1.46. The minimum absolute atomic E-state index is 0.120. The van der Waals surface area contributed by atoms with Gasteiger partial charge in [0.2, 0.25) is 0 Å². The Labute approximate surface area is 113 Å². The number of nitro groups is 1. The van der Waals surface area contributed by atoms with E-state index in [1.165, 1.54) is 18.9 Å². The van der Waals surface area contributed by atoms with E-state index in [0.29, 0.717) is 12.6 Å². The van der Waals surface area contributed by atoms with E-state index in [9.17, 15) is 10.1 Å². The fraction of sp³-hybridized carbons (Fsp3) is 0.571. The maximum Gasteiger partial charge on any atom is 0.269 e. The van der Waals surface area contributed by atoms with Gasteiger partial charge in [0, 0.05) is 18.2 Å². The molecule has 2 unspecified atom stereocenters. The number of ether oxygens (including phenoxy) is 1. The fourth-order valence-corrected chi connectivity index (χ4v) is 2.59. The molecule has 19 heavy (non-hydrogen) atoms. The standard InChI is InChI=1S/C14H20N2O3/c1-15-13-7-2-3-8-14(13)19-10-11-5-4-6-12(9-11)16(17)18/h4-6,9,13-15H,2-3,7-8,10H2,1H3. The Morgan fingerprint density at radius 2 is 2.21 bits per heavy atom. The molecule has 0 spiro atoms. The minimum Gasteiger partial charge on any atom is -0.372 e. The molecule has 5 nitrogen and oxygen atoms in total. The minimum atomic E-state index is -0.374. The van der Waals surface area contributed by atoms with Crippen LogP contribution in [-0.2, 0) is 11.3 Å².